The van der Waals surface area contributed by atoms with Crippen molar-refractivity contribution in [1.29, 1.82) is 0 Å². The number of rotatable bonds is 5. The average molecular weight is 845 g/mol. The van der Waals surface area contributed by atoms with E-state index in [1.165, 1.54) is 0 Å². The number of fused-ring (bicyclic) bond motifs is 1. The van der Waals surface area contributed by atoms with Crippen LogP contribution in [0.15, 0.2) is 12.1 Å². The number of benzene rings is 1. The van der Waals surface area contributed by atoms with Gasteiger partial charge in [-0.1, -0.05) is 0 Å². The maximum absolute atomic E-state index is 13.7. The molecule has 2 aliphatic carbocycles. The summed E-state index contributed by atoms with van der Waals surface area (Å²) in [7, 11) is -10.7. The van der Waals surface area contributed by atoms with Crippen molar-refractivity contribution in [3.63, 3.8) is 0 Å². The number of hydrogen-bond donors (Lipinski definition) is 0. The van der Waals surface area contributed by atoms with Crippen molar-refractivity contribution in [3.8, 4) is 5.75 Å². The molecule has 182 valence electrons. The summed E-state index contributed by atoms with van der Waals surface area (Å²) >= 11 is 5.92. The van der Waals surface area contributed by atoms with E-state index in [4.69, 9.17) is 8.92 Å². The summed E-state index contributed by atoms with van der Waals surface area (Å²) in [5.41, 5.74) is 0. The second-order valence-electron chi connectivity index (χ2n) is 7.57. The predicted octanol–water partition coefficient (Wildman–Crippen LogP) is 1.82. The van der Waals surface area contributed by atoms with Crippen LogP contribution in [-0.2, 0) is 38.7 Å². The van der Waals surface area contributed by atoms with E-state index < -0.39 is 72.6 Å². The Morgan fingerprint density at radius 3 is 2.27 bits per heavy atom. The smallest absolute Gasteiger partial charge is 0.428 e. The monoisotopic (exact) mass is 845 g/mol. The molecule has 1 aromatic rings. The first-order valence-electron chi connectivity index (χ1n) is 8.89. The highest BCUT2D eigenvalue weighted by Gasteiger charge is 2.72. The summed E-state index contributed by atoms with van der Waals surface area (Å²) in [4.78, 5) is 24.9. The normalized spacial score (nSPS) is 32.1. The molecule has 3 fully saturated rings. The third kappa shape index (κ3) is 4.29. The van der Waals surface area contributed by atoms with Crippen molar-refractivity contribution >= 4 is 99.9 Å². The van der Waals surface area contributed by atoms with Gasteiger partial charge in [0, 0.05) is 15.4 Å². The van der Waals surface area contributed by atoms with Gasteiger partial charge in [0.1, 0.15) is 17.5 Å². The van der Waals surface area contributed by atoms with Crippen LogP contribution in [0.4, 0.5) is 8.78 Å². The number of halogens is 5. The van der Waals surface area contributed by atoms with Gasteiger partial charge in [-0.05, 0) is 86.3 Å². The van der Waals surface area contributed by atoms with E-state index in [1.807, 2.05) is 45.2 Å². The fourth-order valence-corrected chi connectivity index (χ4v) is 10.7. The van der Waals surface area contributed by atoms with E-state index in [1.54, 1.807) is 12.1 Å². The van der Waals surface area contributed by atoms with Crippen molar-refractivity contribution in [2.75, 3.05) is 0 Å². The SMILES string of the molecule is O=C(Oc1c(I)cc(I)cc1I)C1C2CC3C(OS(=O)(=O)C31)C2OC(=O)C(F)(F)S(=O)(=O)[O-]. The second-order valence-corrected chi connectivity index (χ2v) is 14.3. The fourth-order valence-electron chi connectivity index (χ4n) is 4.54. The Morgan fingerprint density at radius 1 is 1.15 bits per heavy atom. The van der Waals surface area contributed by atoms with Gasteiger partial charge in [0.25, 0.3) is 10.1 Å². The Labute approximate surface area is 226 Å². The van der Waals surface area contributed by atoms with Gasteiger partial charge in [-0.25, -0.2) is 13.2 Å². The van der Waals surface area contributed by atoms with Crippen molar-refractivity contribution in [3.05, 3.63) is 22.8 Å². The molecule has 1 aromatic carbocycles. The largest absolute Gasteiger partial charge is 0.743 e. The van der Waals surface area contributed by atoms with Crippen LogP contribution in [-0.4, -0.2) is 56.0 Å². The van der Waals surface area contributed by atoms with Gasteiger partial charge in [-0.2, -0.15) is 17.2 Å². The second kappa shape index (κ2) is 8.56. The van der Waals surface area contributed by atoms with E-state index in [0.29, 0.717) is 7.14 Å². The number of carbonyl (C=O) groups is 2. The molecule has 6 unspecified atom stereocenters. The summed E-state index contributed by atoms with van der Waals surface area (Å²) in [6, 6.07) is 3.43. The van der Waals surface area contributed by atoms with E-state index >= 15 is 0 Å². The highest BCUT2D eigenvalue weighted by molar-refractivity contribution is 14.1. The number of carbonyl (C=O) groups excluding carboxylic acids is 2. The Morgan fingerprint density at radius 2 is 1.73 bits per heavy atom. The molecule has 0 spiro atoms. The average Bonchev–Trinajstić information content (AvgIpc) is 3.26. The molecule has 6 atom stereocenters. The standard InChI is InChI=1S/C16H11F2I3O10S2/c17-16(18,33(26,27)28)15(23)30-10-5-3-6-11(10)31-32(24,25)13(6)9(5)14(22)29-12-7(20)1-4(19)2-8(12)21/h1-2,5-6,9-11,13H,3H2,(H,26,27,28)/p-1. The minimum absolute atomic E-state index is 0.0250. The topological polar surface area (TPSA) is 153 Å². The molecule has 0 amide bonds. The number of ether oxygens (including phenoxy) is 2. The van der Waals surface area contributed by atoms with E-state index in [9.17, 15) is 39.8 Å². The van der Waals surface area contributed by atoms with Crippen LogP contribution < -0.4 is 4.74 Å². The van der Waals surface area contributed by atoms with Crippen LogP contribution in [0.1, 0.15) is 6.42 Å². The Hall–Kier alpha value is 0.0300. The quantitative estimate of drug-likeness (QED) is 0.141. The lowest BCUT2D eigenvalue weighted by Gasteiger charge is -2.31. The summed E-state index contributed by atoms with van der Waals surface area (Å²) in [6.45, 7) is 0. The predicted molar refractivity (Wildman–Crippen MR) is 127 cm³/mol. The van der Waals surface area contributed by atoms with Gasteiger partial charge >= 0.3 is 17.2 Å². The number of alkyl halides is 2. The summed E-state index contributed by atoms with van der Waals surface area (Å²) in [5, 5.41) is -6.73. The summed E-state index contributed by atoms with van der Waals surface area (Å²) in [6.07, 6.45) is -3.08. The van der Waals surface area contributed by atoms with Gasteiger partial charge in [-0.3, -0.25) is 8.98 Å². The van der Waals surface area contributed by atoms with Gasteiger partial charge in [0.15, 0.2) is 15.9 Å². The lowest BCUT2D eigenvalue weighted by molar-refractivity contribution is -0.176. The molecule has 17 heteroatoms. The summed E-state index contributed by atoms with van der Waals surface area (Å²) < 4.78 is 102. The van der Waals surface area contributed by atoms with E-state index in [0.717, 1.165) is 3.57 Å². The molecular formula is C16H10F2I3O10S2-. The molecule has 1 saturated heterocycles. The van der Waals surface area contributed by atoms with Gasteiger partial charge in [0.2, 0.25) is 0 Å². The molecule has 3 aliphatic rings. The van der Waals surface area contributed by atoms with Gasteiger partial charge < -0.3 is 14.0 Å². The minimum atomic E-state index is -6.39. The van der Waals surface area contributed by atoms with Crippen molar-refractivity contribution in [2.45, 2.75) is 29.1 Å². The third-order valence-corrected chi connectivity index (χ3v) is 10.6. The zero-order chi connectivity index (χ0) is 24.7. The molecule has 10 nitrogen and oxygen atoms in total. The Balaban J connectivity index is 1.65. The van der Waals surface area contributed by atoms with Crippen molar-refractivity contribution < 1.29 is 53.4 Å². The lowest BCUT2D eigenvalue weighted by atomic mass is 9.84. The highest BCUT2D eigenvalue weighted by atomic mass is 127. The number of esters is 2. The highest BCUT2D eigenvalue weighted by Crippen LogP contribution is 2.59. The van der Waals surface area contributed by atoms with Crippen LogP contribution in [0.2, 0.25) is 0 Å². The maximum atomic E-state index is 13.7. The first-order valence-corrected chi connectivity index (χ1v) is 15.0. The van der Waals surface area contributed by atoms with Crippen molar-refractivity contribution in [1.82, 2.24) is 0 Å². The molecule has 33 heavy (non-hydrogen) atoms. The zero-order valence-corrected chi connectivity index (χ0v) is 23.7. The van der Waals surface area contributed by atoms with Crippen LogP contribution in [0, 0.1) is 28.5 Å². The molecule has 1 heterocycles. The molecular weight excluding hydrogens is 835 g/mol. The summed E-state index contributed by atoms with van der Waals surface area (Å²) in [5.74, 6) is -6.84. The molecule has 2 saturated carbocycles. The molecule has 0 radical (unpaired) electrons. The third-order valence-electron chi connectivity index (χ3n) is 5.76. The first kappa shape index (κ1) is 26.1. The Kier molecular flexibility index (Phi) is 6.77. The number of hydrogen-bond acceptors (Lipinski definition) is 10. The lowest BCUT2D eigenvalue weighted by Crippen LogP contribution is -2.49. The molecule has 4 rings (SSSR count). The molecule has 2 bridgehead atoms. The first-order chi connectivity index (χ1) is 15.1. The zero-order valence-electron chi connectivity index (χ0n) is 15.6. The molecule has 1 aliphatic heterocycles. The minimum Gasteiger partial charge on any atom is -0.743 e. The van der Waals surface area contributed by atoms with Gasteiger partial charge in [-0.15, -0.1) is 0 Å². The molecule has 0 aromatic heterocycles. The van der Waals surface area contributed by atoms with Crippen LogP contribution in [0.25, 0.3) is 0 Å². The maximum Gasteiger partial charge on any atom is 0.428 e. The fraction of sp³-hybridized carbons (Fsp3) is 0.500. The van der Waals surface area contributed by atoms with Crippen molar-refractivity contribution in [2.24, 2.45) is 17.8 Å². The molecule has 0 N–H and O–H groups in total. The van der Waals surface area contributed by atoms with E-state index in [2.05, 4.69) is 27.3 Å². The van der Waals surface area contributed by atoms with E-state index in [-0.39, 0.29) is 12.2 Å². The van der Waals surface area contributed by atoms with Gasteiger partial charge in [0.05, 0.1) is 13.1 Å². The van der Waals surface area contributed by atoms with Crippen LogP contribution in [0.5, 0.6) is 5.75 Å². The Bertz CT molecular complexity index is 1250. The van der Waals surface area contributed by atoms with Crippen LogP contribution in [0.3, 0.4) is 0 Å². The van der Waals surface area contributed by atoms with Crippen LogP contribution >= 0.6 is 67.8 Å².